The summed E-state index contributed by atoms with van der Waals surface area (Å²) in [5.41, 5.74) is 7.72. The summed E-state index contributed by atoms with van der Waals surface area (Å²) in [5.74, 6) is 0. The molecular formula is C9H11N5O2S2. The molecule has 0 aliphatic rings. The Bertz CT molecular complexity index is 667. The molecule has 2 aromatic rings. The van der Waals surface area contributed by atoms with E-state index >= 15 is 0 Å². The lowest BCUT2D eigenvalue weighted by atomic mass is 10.1. The highest BCUT2D eigenvalue weighted by Gasteiger charge is 2.20. The van der Waals surface area contributed by atoms with Crippen LogP contribution in [0.2, 0.25) is 0 Å². The van der Waals surface area contributed by atoms with Gasteiger partial charge in [-0.15, -0.1) is 0 Å². The predicted molar refractivity (Wildman–Crippen MR) is 68.8 cm³/mol. The molecule has 0 saturated heterocycles. The van der Waals surface area contributed by atoms with Gasteiger partial charge in [-0.25, -0.2) is 8.42 Å². The maximum absolute atomic E-state index is 12.1. The number of anilines is 2. The number of sulfonamides is 1. The van der Waals surface area contributed by atoms with E-state index in [9.17, 15) is 8.42 Å². The Morgan fingerprint density at radius 1 is 1.28 bits per heavy atom. The molecule has 7 nitrogen and oxygen atoms in total. The topological polar surface area (TPSA) is 111 Å². The predicted octanol–water partition coefficient (Wildman–Crippen LogP) is 0.933. The number of aryl methyl sites for hydroxylation is 2. The molecule has 0 aliphatic carbocycles. The van der Waals surface area contributed by atoms with Gasteiger partial charge in [-0.3, -0.25) is 4.72 Å². The first-order valence-corrected chi connectivity index (χ1v) is 7.20. The molecule has 0 fully saturated rings. The molecule has 1 aromatic carbocycles. The van der Waals surface area contributed by atoms with Gasteiger partial charge < -0.3 is 5.73 Å². The van der Waals surface area contributed by atoms with Crippen LogP contribution in [-0.4, -0.2) is 23.2 Å². The van der Waals surface area contributed by atoms with Crippen molar-refractivity contribution in [2.24, 2.45) is 0 Å². The van der Waals surface area contributed by atoms with Gasteiger partial charge in [0.2, 0.25) is 5.13 Å². The van der Waals surface area contributed by atoms with Crippen LogP contribution in [-0.2, 0) is 10.0 Å². The largest absolute Gasteiger partial charge is 0.398 e. The van der Waals surface area contributed by atoms with Crippen molar-refractivity contribution in [2.75, 3.05) is 10.5 Å². The number of nitrogen functional groups attached to an aromatic ring is 1. The smallest absolute Gasteiger partial charge is 0.265 e. The van der Waals surface area contributed by atoms with Gasteiger partial charge in [0.25, 0.3) is 10.0 Å². The summed E-state index contributed by atoms with van der Waals surface area (Å²) < 4.78 is 30.0. The maximum Gasteiger partial charge on any atom is 0.265 e. The van der Waals surface area contributed by atoms with Crippen molar-refractivity contribution in [1.82, 2.24) is 14.8 Å². The summed E-state index contributed by atoms with van der Waals surface area (Å²) in [6.45, 7) is 3.69. The molecule has 0 unspecified atom stereocenters. The number of nitrogens with two attached hydrogens (primary N) is 1. The zero-order valence-electron chi connectivity index (χ0n) is 9.71. The lowest BCUT2D eigenvalue weighted by Gasteiger charge is -2.10. The fraction of sp³-hybridized carbons (Fsp3) is 0.222. The van der Waals surface area contributed by atoms with Gasteiger partial charge >= 0.3 is 0 Å². The Morgan fingerprint density at radius 2 is 1.94 bits per heavy atom. The third kappa shape index (κ3) is 2.41. The molecule has 18 heavy (non-hydrogen) atoms. The van der Waals surface area contributed by atoms with E-state index in [-0.39, 0.29) is 15.7 Å². The molecule has 0 atom stereocenters. The van der Waals surface area contributed by atoms with E-state index in [2.05, 4.69) is 19.5 Å². The fourth-order valence-electron chi connectivity index (χ4n) is 1.39. The van der Waals surface area contributed by atoms with Crippen LogP contribution in [0.5, 0.6) is 0 Å². The van der Waals surface area contributed by atoms with Crippen LogP contribution in [0, 0.1) is 13.8 Å². The molecule has 0 amide bonds. The molecule has 2 rings (SSSR count). The second kappa shape index (κ2) is 4.50. The molecule has 0 spiro atoms. The zero-order chi connectivity index (χ0) is 13.3. The van der Waals surface area contributed by atoms with Crippen molar-refractivity contribution < 1.29 is 8.42 Å². The summed E-state index contributed by atoms with van der Waals surface area (Å²) in [4.78, 5) is 0.0285. The zero-order valence-corrected chi connectivity index (χ0v) is 11.3. The summed E-state index contributed by atoms with van der Waals surface area (Å²) in [6, 6.07) is 3.16. The third-order valence-corrected chi connectivity index (χ3v) is 4.47. The number of hydrogen-bond donors (Lipinski definition) is 2. The summed E-state index contributed by atoms with van der Waals surface area (Å²) in [6.07, 6.45) is 0. The Hall–Kier alpha value is -1.74. The minimum atomic E-state index is -3.76. The van der Waals surface area contributed by atoms with E-state index in [0.717, 1.165) is 22.7 Å². The van der Waals surface area contributed by atoms with Crippen molar-refractivity contribution >= 4 is 32.4 Å². The first-order chi connectivity index (χ1) is 8.40. The Labute approximate surface area is 108 Å². The van der Waals surface area contributed by atoms with Crippen LogP contribution in [0.4, 0.5) is 10.8 Å². The number of nitrogens with zero attached hydrogens (tertiary/aromatic N) is 3. The van der Waals surface area contributed by atoms with Gasteiger partial charge in [0, 0.05) is 11.5 Å². The molecular weight excluding hydrogens is 274 g/mol. The van der Waals surface area contributed by atoms with E-state index < -0.39 is 10.0 Å². The van der Waals surface area contributed by atoms with Gasteiger partial charge in [-0.05, 0) is 42.3 Å². The van der Waals surface area contributed by atoms with Gasteiger partial charge in [-0.2, -0.15) is 0 Å². The molecule has 9 heteroatoms. The molecule has 0 bridgehead atoms. The number of benzene rings is 1. The SMILES string of the molecule is Cc1cc(N)c(S(=O)(=O)Nc2nnns2)cc1C. The normalized spacial score (nSPS) is 11.4. The van der Waals surface area contributed by atoms with E-state index in [1.54, 1.807) is 6.07 Å². The van der Waals surface area contributed by atoms with Crippen molar-refractivity contribution in [3.8, 4) is 0 Å². The van der Waals surface area contributed by atoms with Crippen LogP contribution in [0.25, 0.3) is 0 Å². The maximum atomic E-state index is 12.1. The van der Waals surface area contributed by atoms with Gasteiger partial charge in [-0.1, -0.05) is 9.59 Å². The molecule has 1 heterocycles. The number of rotatable bonds is 3. The second-order valence-corrected chi connectivity index (χ2v) is 6.13. The molecule has 1 aromatic heterocycles. The number of hydrogen-bond acceptors (Lipinski definition) is 7. The number of nitrogens with one attached hydrogen (secondary N) is 1. The molecule has 0 saturated carbocycles. The average molecular weight is 285 g/mol. The lowest BCUT2D eigenvalue weighted by Crippen LogP contribution is -2.15. The standard InChI is InChI=1S/C9H11N5O2S2/c1-5-3-7(10)8(4-6(5)2)18(15,16)12-9-11-13-14-17-9/h3-4H,10H2,1-2H3,(H,11,12,14). The van der Waals surface area contributed by atoms with E-state index in [4.69, 9.17) is 5.73 Å². The summed E-state index contributed by atoms with van der Waals surface area (Å²) in [7, 11) is -3.76. The second-order valence-electron chi connectivity index (χ2n) is 3.75. The molecule has 0 aliphatic heterocycles. The Kier molecular flexibility index (Phi) is 3.18. The van der Waals surface area contributed by atoms with E-state index in [0.29, 0.717) is 0 Å². The van der Waals surface area contributed by atoms with E-state index in [1.165, 1.54) is 6.07 Å². The minimum absolute atomic E-state index is 0.0285. The fourth-order valence-corrected chi connectivity index (χ4v) is 3.17. The monoisotopic (exact) mass is 285 g/mol. The molecule has 3 N–H and O–H groups in total. The van der Waals surface area contributed by atoms with Crippen molar-refractivity contribution in [3.63, 3.8) is 0 Å². The Morgan fingerprint density at radius 3 is 2.56 bits per heavy atom. The third-order valence-electron chi connectivity index (χ3n) is 2.44. The number of aromatic nitrogens is 3. The highest BCUT2D eigenvalue weighted by atomic mass is 32.2. The van der Waals surface area contributed by atoms with Crippen LogP contribution >= 0.6 is 11.5 Å². The first kappa shape index (κ1) is 12.7. The van der Waals surface area contributed by atoms with Crippen molar-refractivity contribution in [2.45, 2.75) is 18.7 Å². The van der Waals surface area contributed by atoms with Crippen molar-refractivity contribution in [1.29, 1.82) is 0 Å². The average Bonchev–Trinajstić information content (AvgIpc) is 2.75. The highest BCUT2D eigenvalue weighted by Crippen LogP contribution is 2.24. The van der Waals surface area contributed by atoms with Crippen LogP contribution in [0.15, 0.2) is 17.0 Å². The lowest BCUT2D eigenvalue weighted by molar-refractivity contribution is 0.601. The molecule has 96 valence electrons. The first-order valence-electron chi connectivity index (χ1n) is 4.95. The van der Waals surface area contributed by atoms with Crippen LogP contribution < -0.4 is 10.5 Å². The van der Waals surface area contributed by atoms with Crippen LogP contribution in [0.3, 0.4) is 0 Å². The summed E-state index contributed by atoms with van der Waals surface area (Å²) >= 11 is 0.854. The quantitative estimate of drug-likeness (QED) is 0.812. The van der Waals surface area contributed by atoms with Crippen molar-refractivity contribution in [3.05, 3.63) is 23.3 Å². The van der Waals surface area contributed by atoms with Gasteiger partial charge in [0.05, 0.1) is 5.69 Å². The molecule has 0 radical (unpaired) electrons. The van der Waals surface area contributed by atoms with E-state index in [1.807, 2.05) is 13.8 Å². The van der Waals surface area contributed by atoms with Gasteiger partial charge in [0.15, 0.2) is 0 Å². The van der Waals surface area contributed by atoms with Gasteiger partial charge in [0.1, 0.15) is 4.90 Å². The van der Waals surface area contributed by atoms with Crippen LogP contribution in [0.1, 0.15) is 11.1 Å². The minimum Gasteiger partial charge on any atom is -0.398 e. The summed E-state index contributed by atoms with van der Waals surface area (Å²) in [5, 5.41) is 6.94. The Balaban J connectivity index is 2.44. The highest BCUT2D eigenvalue weighted by molar-refractivity contribution is 7.93.